The van der Waals surface area contributed by atoms with Crippen molar-refractivity contribution in [2.45, 2.75) is 44.6 Å². The molecule has 29 heavy (non-hydrogen) atoms. The molecule has 2 aliphatic heterocycles. The smallest absolute Gasteiger partial charge is 0.255 e. The van der Waals surface area contributed by atoms with Gasteiger partial charge < -0.3 is 14.4 Å². The molecule has 0 radical (unpaired) electrons. The molecule has 2 aromatic rings. The molecule has 2 fully saturated rings. The van der Waals surface area contributed by atoms with E-state index in [2.05, 4.69) is 17.1 Å². The van der Waals surface area contributed by atoms with Crippen molar-refractivity contribution < 1.29 is 14.3 Å². The van der Waals surface area contributed by atoms with Crippen LogP contribution in [-0.2, 0) is 11.2 Å². The second-order valence-corrected chi connectivity index (χ2v) is 8.42. The number of nitrogens with zero attached hydrogens (tertiary/aromatic N) is 2. The lowest BCUT2D eigenvalue weighted by Gasteiger charge is -2.46. The maximum Gasteiger partial charge on any atom is 0.255 e. The average Bonchev–Trinajstić information content (AvgIpc) is 2.75. The number of rotatable bonds is 4. The van der Waals surface area contributed by atoms with Crippen LogP contribution in [0.15, 0.2) is 42.6 Å². The third kappa shape index (κ3) is 4.61. The maximum absolute atomic E-state index is 12.8. The highest BCUT2D eigenvalue weighted by molar-refractivity contribution is 5.94. The number of pyridine rings is 1. The summed E-state index contributed by atoms with van der Waals surface area (Å²) in [4.78, 5) is 19.0. The minimum atomic E-state index is -0.0717. The summed E-state index contributed by atoms with van der Waals surface area (Å²) >= 11 is 0. The minimum absolute atomic E-state index is 0.0717. The molecule has 0 aliphatic carbocycles. The van der Waals surface area contributed by atoms with Gasteiger partial charge in [0.05, 0.1) is 18.3 Å². The monoisotopic (exact) mass is 394 g/mol. The lowest BCUT2D eigenvalue weighted by atomic mass is 9.77. The van der Waals surface area contributed by atoms with Crippen molar-refractivity contribution in [1.82, 2.24) is 9.88 Å². The molecule has 154 valence electrons. The fourth-order valence-corrected chi connectivity index (χ4v) is 4.64. The molecular formula is C24H30N2O3. The van der Waals surface area contributed by atoms with Crippen LogP contribution in [0.3, 0.4) is 0 Å². The molecule has 4 rings (SSSR count). The third-order valence-electron chi connectivity index (χ3n) is 6.40. The molecule has 1 unspecified atom stereocenters. The van der Waals surface area contributed by atoms with E-state index in [1.807, 2.05) is 36.1 Å². The molecule has 1 spiro atoms. The molecule has 0 bridgehead atoms. The number of aromatic nitrogens is 1. The number of hydrogen-bond acceptors (Lipinski definition) is 4. The van der Waals surface area contributed by atoms with E-state index in [-0.39, 0.29) is 11.5 Å². The molecule has 0 N–H and O–H groups in total. The molecule has 5 heteroatoms. The molecule has 1 amide bonds. The number of ether oxygens (including phenoxy) is 2. The molecule has 1 aromatic carbocycles. The second kappa shape index (κ2) is 8.54. The SMILES string of the molecule is COc1ccc(CC2CCOC3(CCN(C(=O)c4ccc(C)nc4)CC3)C2)cc1. The van der Waals surface area contributed by atoms with Crippen molar-refractivity contribution in [3.8, 4) is 5.75 Å². The minimum Gasteiger partial charge on any atom is -0.497 e. The number of likely N-dealkylation sites (tertiary alicyclic amines) is 1. The van der Waals surface area contributed by atoms with Crippen molar-refractivity contribution in [2.24, 2.45) is 5.92 Å². The van der Waals surface area contributed by atoms with E-state index in [4.69, 9.17) is 9.47 Å². The number of aryl methyl sites for hydroxylation is 1. The van der Waals surface area contributed by atoms with Gasteiger partial charge >= 0.3 is 0 Å². The lowest BCUT2D eigenvalue weighted by Crippen LogP contribution is -2.51. The van der Waals surface area contributed by atoms with Crippen LogP contribution in [0.4, 0.5) is 0 Å². The van der Waals surface area contributed by atoms with Gasteiger partial charge in [-0.25, -0.2) is 0 Å². The summed E-state index contributed by atoms with van der Waals surface area (Å²) in [5, 5.41) is 0. The lowest BCUT2D eigenvalue weighted by molar-refractivity contribution is -0.123. The molecule has 1 atom stereocenters. The summed E-state index contributed by atoms with van der Waals surface area (Å²) in [5.74, 6) is 1.61. The van der Waals surface area contributed by atoms with Gasteiger partial charge in [-0.15, -0.1) is 0 Å². The molecule has 2 saturated heterocycles. The van der Waals surface area contributed by atoms with Crippen LogP contribution >= 0.6 is 0 Å². The Morgan fingerprint density at radius 3 is 2.62 bits per heavy atom. The van der Waals surface area contributed by atoms with E-state index in [9.17, 15) is 4.79 Å². The molecule has 5 nitrogen and oxygen atoms in total. The van der Waals surface area contributed by atoms with Crippen molar-refractivity contribution in [3.05, 3.63) is 59.4 Å². The second-order valence-electron chi connectivity index (χ2n) is 8.42. The average molecular weight is 395 g/mol. The Balaban J connectivity index is 1.34. The van der Waals surface area contributed by atoms with Crippen molar-refractivity contribution in [2.75, 3.05) is 26.8 Å². The van der Waals surface area contributed by atoms with Crippen molar-refractivity contribution in [1.29, 1.82) is 0 Å². The first-order valence-electron chi connectivity index (χ1n) is 10.6. The first-order chi connectivity index (χ1) is 14.1. The van der Waals surface area contributed by atoms with E-state index < -0.39 is 0 Å². The fraction of sp³-hybridized carbons (Fsp3) is 0.500. The quantitative estimate of drug-likeness (QED) is 0.785. The van der Waals surface area contributed by atoms with Crippen molar-refractivity contribution in [3.63, 3.8) is 0 Å². The van der Waals surface area contributed by atoms with Gasteiger partial charge in [0, 0.05) is 31.6 Å². The third-order valence-corrected chi connectivity index (χ3v) is 6.40. The molecule has 0 saturated carbocycles. The first-order valence-corrected chi connectivity index (χ1v) is 10.6. The van der Waals surface area contributed by atoms with Gasteiger partial charge in [-0.1, -0.05) is 12.1 Å². The number of carbonyl (C=O) groups is 1. The maximum atomic E-state index is 12.8. The normalized spacial score (nSPS) is 21.2. The standard InChI is InChI=1S/C24H30N2O3/c1-18-3-6-21(17-25-18)23(27)26-12-10-24(11-13-26)16-20(9-14-29-24)15-19-4-7-22(28-2)8-5-19/h3-8,17,20H,9-16H2,1-2H3. The van der Waals surface area contributed by atoms with Gasteiger partial charge in [0.15, 0.2) is 0 Å². The van der Waals surface area contributed by atoms with Crippen LogP contribution in [0, 0.1) is 12.8 Å². The summed E-state index contributed by atoms with van der Waals surface area (Å²) in [5.41, 5.74) is 2.89. The number of carbonyl (C=O) groups excluding carboxylic acids is 1. The fourth-order valence-electron chi connectivity index (χ4n) is 4.64. The highest BCUT2D eigenvalue weighted by atomic mass is 16.5. The van der Waals surface area contributed by atoms with Gasteiger partial charge in [-0.3, -0.25) is 9.78 Å². The molecule has 3 heterocycles. The van der Waals surface area contributed by atoms with E-state index in [1.54, 1.807) is 13.3 Å². The van der Waals surface area contributed by atoms with Crippen LogP contribution in [-0.4, -0.2) is 48.2 Å². The summed E-state index contributed by atoms with van der Waals surface area (Å²) < 4.78 is 11.6. The number of amides is 1. The molecular weight excluding hydrogens is 364 g/mol. The summed E-state index contributed by atoms with van der Waals surface area (Å²) in [7, 11) is 1.70. The largest absolute Gasteiger partial charge is 0.497 e. The molecule has 1 aromatic heterocycles. The zero-order valence-corrected chi connectivity index (χ0v) is 17.4. The van der Waals surface area contributed by atoms with Gasteiger partial charge in [0.1, 0.15) is 5.75 Å². The number of methoxy groups -OCH3 is 1. The Kier molecular flexibility index (Phi) is 5.86. The van der Waals surface area contributed by atoms with E-state index in [1.165, 1.54) is 5.56 Å². The number of hydrogen-bond donors (Lipinski definition) is 0. The van der Waals surface area contributed by atoms with Crippen LogP contribution in [0.25, 0.3) is 0 Å². The van der Waals surface area contributed by atoms with Crippen LogP contribution in [0.2, 0.25) is 0 Å². The van der Waals surface area contributed by atoms with Gasteiger partial charge in [-0.2, -0.15) is 0 Å². The Labute approximate surface area is 173 Å². The van der Waals surface area contributed by atoms with Crippen molar-refractivity contribution >= 4 is 5.91 Å². The zero-order chi connectivity index (χ0) is 20.3. The van der Waals surface area contributed by atoms with E-state index in [0.29, 0.717) is 11.5 Å². The Bertz CT molecular complexity index is 824. The molecule has 2 aliphatic rings. The van der Waals surface area contributed by atoms with E-state index in [0.717, 1.165) is 63.2 Å². The Morgan fingerprint density at radius 2 is 1.97 bits per heavy atom. The number of benzene rings is 1. The predicted octanol–water partition coefficient (Wildman–Crippen LogP) is 4.04. The topological polar surface area (TPSA) is 51.7 Å². The van der Waals surface area contributed by atoms with Gasteiger partial charge in [-0.05, 0) is 74.8 Å². The number of piperidine rings is 1. The summed E-state index contributed by atoms with van der Waals surface area (Å²) in [6.07, 6.45) is 6.77. The summed E-state index contributed by atoms with van der Waals surface area (Å²) in [6.45, 7) is 4.25. The van der Waals surface area contributed by atoms with Crippen LogP contribution in [0.1, 0.15) is 47.3 Å². The highest BCUT2D eigenvalue weighted by Gasteiger charge is 2.41. The summed E-state index contributed by atoms with van der Waals surface area (Å²) in [6, 6.07) is 12.2. The van der Waals surface area contributed by atoms with E-state index >= 15 is 0 Å². The zero-order valence-electron chi connectivity index (χ0n) is 17.4. The van der Waals surface area contributed by atoms with Crippen LogP contribution < -0.4 is 4.74 Å². The van der Waals surface area contributed by atoms with Gasteiger partial charge in [0.2, 0.25) is 0 Å². The first kappa shape index (κ1) is 19.9. The van der Waals surface area contributed by atoms with Gasteiger partial charge in [0.25, 0.3) is 5.91 Å². The highest BCUT2D eigenvalue weighted by Crippen LogP contribution is 2.39. The Morgan fingerprint density at radius 1 is 1.21 bits per heavy atom. The van der Waals surface area contributed by atoms with Crippen LogP contribution in [0.5, 0.6) is 5.75 Å². The Hall–Kier alpha value is -2.40. The predicted molar refractivity (Wildman–Crippen MR) is 112 cm³/mol.